The lowest BCUT2D eigenvalue weighted by Gasteiger charge is -2.39. The van der Waals surface area contributed by atoms with Crippen LogP contribution in [0.25, 0.3) is 23.2 Å². The molecule has 5 heterocycles. The van der Waals surface area contributed by atoms with Crippen molar-refractivity contribution in [3.8, 4) is 17.1 Å². The number of hydrogen-bond donors (Lipinski definition) is 2. The van der Waals surface area contributed by atoms with E-state index in [4.69, 9.17) is 0 Å². The zero-order chi connectivity index (χ0) is 19.8. The molecule has 2 unspecified atom stereocenters. The van der Waals surface area contributed by atoms with Crippen LogP contribution in [0, 0.1) is 0 Å². The summed E-state index contributed by atoms with van der Waals surface area (Å²) >= 11 is 0. The van der Waals surface area contributed by atoms with E-state index in [-0.39, 0.29) is 11.5 Å². The molecule has 2 N–H and O–H groups in total. The van der Waals surface area contributed by atoms with Gasteiger partial charge in [0.2, 0.25) is 0 Å². The molecule has 0 radical (unpaired) electrons. The highest BCUT2D eigenvalue weighted by Crippen LogP contribution is 2.32. The van der Waals surface area contributed by atoms with Gasteiger partial charge in [0.1, 0.15) is 18.3 Å². The Morgan fingerprint density at radius 3 is 2.93 bits per heavy atom. The predicted molar refractivity (Wildman–Crippen MR) is 107 cm³/mol. The van der Waals surface area contributed by atoms with Gasteiger partial charge in [0.05, 0.1) is 29.3 Å². The van der Waals surface area contributed by atoms with Crippen molar-refractivity contribution in [1.29, 1.82) is 0 Å². The largest absolute Gasteiger partial charge is 0.347 e. The first-order valence-electron chi connectivity index (χ1n) is 9.81. The van der Waals surface area contributed by atoms with Gasteiger partial charge in [-0.1, -0.05) is 6.42 Å². The maximum absolute atomic E-state index is 14.7. The number of nitrogens with one attached hydrogen (secondary N) is 2. The molecule has 3 aromatic rings. The zero-order valence-corrected chi connectivity index (χ0v) is 15.8. The Morgan fingerprint density at radius 2 is 2.17 bits per heavy atom. The molecular formula is C21H21FN6O. The second kappa shape index (κ2) is 7.36. The number of pyridine rings is 1. The van der Waals surface area contributed by atoms with Gasteiger partial charge in [-0.2, -0.15) is 0 Å². The zero-order valence-electron chi connectivity index (χ0n) is 15.8. The Balaban J connectivity index is 1.39. The smallest absolute Gasteiger partial charge is 0.193 e. The lowest BCUT2D eigenvalue weighted by molar-refractivity contribution is 0.179. The number of rotatable bonds is 3. The van der Waals surface area contributed by atoms with E-state index >= 15 is 0 Å². The van der Waals surface area contributed by atoms with E-state index < -0.39 is 6.17 Å². The first kappa shape index (κ1) is 17.9. The summed E-state index contributed by atoms with van der Waals surface area (Å²) in [5, 5.41) is 3.37. The Labute approximate surface area is 166 Å². The molecule has 2 bridgehead atoms. The first-order valence-corrected chi connectivity index (χ1v) is 9.81. The van der Waals surface area contributed by atoms with Gasteiger partial charge in [0, 0.05) is 36.7 Å². The number of aromatic amines is 1. The molecule has 148 valence electrons. The van der Waals surface area contributed by atoms with Gasteiger partial charge in [-0.25, -0.2) is 9.37 Å². The monoisotopic (exact) mass is 392 g/mol. The Kier molecular flexibility index (Phi) is 4.55. The minimum atomic E-state index is -0.980. The molecule has 2 saturated heterocycles. The van der Waals surface area contributed by atoms with Crippen molar-refractivity contribution < 1.29 is 4.39 Å². The summed E-state index contributed by atoms with van der Waals surface area (Å²) in [5.41, 5.74) is 2.13. The van der Waals surface area contributed by atoms with Crippen molar-refractivity contribution in [2.75, 3.05) is 0 Å². The van der Waals surface area contributed by atoms with Crippen LogP contribution in [0.2, 0.25) is 0 Å². The van der Waals surface area contributed by atoms with Crippen LogP contribution in [0.3, 0.4) is 0 Å². The summed E-state index contributed by atoms with van der Waals surface area (Å²) in [6, 6.07) is 1.76. The summed E-state index contributed by atoms with van der Waals surface area (Å²) in [6.07, 6.45) is 14.3. The summed E-state index contributed by atoms with van der Waals surface area (Å²) in [6.45, 7) is 0. The van der Waals surface area contributed by atoms with E-state index in [9.17, 15) is 9.18 Å². The first-order chi connectivity index (χ1) is 14.2. The van der Waals surface area contributed by atoms with Crippen molar-refractivity contribution in [2.45, 2.75) is 43.9 Å². The second-order valence-electron chi connectivity index (χ2n) is 7.62. The molecule has 5 rings (SSSR count). The van der Waals surface area contributed by atoms with E-state index in [2.05, 4.69) is 25.3 Å². The Morgan fingerprint density at radius 1 is 1.24 bits per heavy atom. The maximum atomic E-state index is 14.7. The number of H-pyrrole nitrogens is 1. The van der Waals surface area contributed by atoms with Crippen LogP contribution in [0.1, 0.15) is 31.4 Å². The summed E-state index contributed by atoms with van der Waals surface area (Å²) < 4.78 is 16.4. The van der Waals surface area contributed by atoms with Gasteiger partial charge in [0.25, 0.3) is 0 Å². The number of hydrogen-bond acceptors (Lipinski definition) is 5. The molecule has 3 aromatic heterocycles. The predicted octanol–water partition coefficient (Wildman–Crippen LogP) is 2.65. The molecule has 0 aromatic carbocycles. The molecule has 3 atom stereocenters. The number of alkyl halides is 1. The SMILES string of the molecule is O=c1cc(-n2ccnc2)[nH]cc1-c1cnc(/C=C2\CC3CCCC(N3)[C@H]2F)cn1. The van der Waals surface area contributed by atoms with Crippen molar-refractivity contribution in [3.05, 3.63) is 64.9 Å². The van der Waals surface area contributed by atoms with Crippen molar-refractivity contribution in [2.24, 2.45) is 0 Å². The number of imidazole rings is 1. The third kappa shape index (κ3) is 3.51. The van der Waals surface area contributed by atoms with E-state index in [0.717, 1.165) is 24.8 Å². The lowest BCUT2D eigenvalue weighted by Crippen LogP contribution is -2.52. The van der Waals surface area contributed by atoms with Crippen LogP contribution >= 0.6 is 0 Å². The molecule has 8 heteroatoms. The fraction of sp³-hybridized carbons (Fsp3) is 0.333. The molecule has 2 aliphatic heterocycles. The average Bonchev–Trinajstić information content (AvgIpc) is 3.28. The highest BCUT2D eigenvalue weighted by atomic mass is 19.1. The fourth-order valence-electron chi connectivity index (χ4n) is 4.19. The maximum Gasteiger partial charge on any atom is 0.193 e. The van der Waals surface area contributed by atoms with Gasteiger partial charge in [-0.3, -0.25) is 19.3 Å². The van der Waals surface area contributed by atoms with Crippen LogP contribution < -0.4 is 10.7 Å². The van der Waals surface area contributed by atoms with Crippen LogP contribution in [0.5, 0.6) is 0 Å². The average molecular weight is 392 g/mol. The Bertz CT molecular complexity index is 1090. The quantitative estimate of drug-likeness (QED) is 0.715. The molecular weight excluding hydrogens is 371 g/mol. The number of halogens is 1. The minimum absolute atomic E-state index is 0.0893. The molecule has 0 saturated carbocycles. The molecule has 0 spiro atoms. The van der Waals surface area contributed by atoms with Gasteiger partial charge in [-0.15, -0.1) is 0 Å². The highest BCUT2D eigenvalue weighted by molar-refractivity contribution is 5.59. The second-order valence-corrected chi connectivity index (χ2v) is 7.62. The third-order valence-electron chi connectivity index (χ3n) is 5.67. The van der Waals surface area contributed by atoms with Crippen molar-refractivity contribution in [3.63, 3.8) is 0 Å². The van der Waals surface area contributed by atoms with E-state index in [1.807, 2.05) is 0 Å². The van der Waals surface area contributed by atoms with E-state index in [1.165, 1.54) is 6.07 Å². The summed E-state index contributed by atoms with van der Waals surface area (Å²) in [4.78, 5) is 28.3. The van der Waals surface area contributed by atoms with Crippen LogP contribution in [-0.2, 0) is 0 Å². The standard InChI is InChI=1S/C21H21FN6O/c22-21-13(6-14-2-1-3-17(21)27-14)7-15-9-25-18(11-24-15)16-10-26-20(8-19(16)29)28-5-4-23-12-28/h4-5,7-12,14,17,21,27H,1-3,6H2,(H,26,29)/b13-7+/t14?,17?,21-/m0/s1. The fourth-order valence-corrected chi connectivity index (χ4v) is 4.19. The number of nitrogens with zero attached hydrogens (tertiary/aromatic N) is 4. The molecule has 0 amide bonds. The molecule has 2 fully saturated rings. The van der Waals surface area contributed by atoms with Crippen LogP contribution in [-0.4, -0.2) is 42.8 Å². The highest BCUT2D eigenvalue weighted by Gasteiger charge is 2.36. The van der Waals surface area contributed by atoms with Gasteiger partial charge < -0.3 is 10.3 Å². The minimum Gasteiger partial charge on any atom is -0.347 e. The van der Waals surface area contributed by atoms with Crippen LogP contribution in [0.4, 0.5) is 4.39 Å². The lowest BCUT2D eigenvalue weighted by atomic mass is 9.82. The molecule has 29 heavy (non-hydrogen) atoms. The van der Waals surface area contributed by atoms with Crippen molar-refractivity contribution >= 4 is 6.08 Å². The summed E-state index contributed by atoms with van der Waals surface area (Å²) in [5.74, 6) is 0.621. The topological polar surface area (TPSA) is 88.5 Å². The summed E-state index contributed by atoms with van der Waals surface area (Å²) in [7, 11) is 0. The molecule has 7 nitrogen and oxygen atoms in total. The van der Waals surface area contributed by atoms with Crippen molar-refractivity contribution in [1.82, 2.24) is 29.8 Å². The molecule has 0 aliphatic carbocycles. The number of aromatic nitrogens is 5. The van der Waals surface area contributed by atoms with Gasteiger partial charge >= 0.3 is 0 Å². The molecule has 2 aliphatic rings. The van der Waals surface area contributed by atoms with Gasteiger partial charge in [0.15, 0.2) is 5.43 Å². The Hall–Kier alpha value is -3.13. The van der Waals surface area contributed by atoms with E-state index in [0.29, 0.717) is 35.2 Å². The normalized spacial score (nSPS) is 25.3. The van der Waals surface area contributed by atoms with Crippen LogP contribution in [0.15, 0.2) is 53.7 Å². The van der Waals surface area contributed by atoms with Gasteiger partial charge in [-0.05, 0) is 30.9 Å². The number of piperidine rings is 2. The van der Waals surface area contributed by atoms with E-state index in [1.54, 1.807) is 48.0 Å². The third-order valence-corrected chi connectivity index (χ3v) is 5.67. The number of fused-ring (bicyclic) bond motifs is 2.